The second-order valence-corrected chi connectivity index (χ2v) is 7.58. The SMILES string of the molecule is CNC(=O)N(C)C(N)=O.CNC(=O)N(C)C(N)=O.N.N.NC(=O)N1NC1=O.NC(=O)N1NC1=O.NC(=O)N=C=O.NC(=O)NNC(N)=O.NC(=O)NNC(N)=O. The normalized spacial score (nSPS) is 9.43. The fraction of sp³-hybridized carbons (Fsp3) is 0.222. The number of nitrogens with two attached hydrogens (primary N) is 9. The molecule has 2 rings (SSSR count). The molecular formula is C18H44N24O14. The molecule has 56 heavy (non-hydrogen) atoms. The lowest BCUT2D eigenvalue weighted by molar-refractivity contribution is 0.200. The number of urea groups is 13. The van der Waals surface area contributed by atoms with Gasteiger partial charge in [0, 0.05) is 28.2 Å². The summed E-state index contributed by atoms with van der Waals surface area (Å²) >= 11 is 0. The van der Waals surface area contributed by atoms with Gasteiger partial charge in [-0.05, 0) is 0 Å². The maximum absolute atomic E-state index is 10.5. The number of amides is 26. The molecule has 32 N–H and O–H groups in total. The molecule has 0 unspecified atom stereocenters. The maximum Gasteiger partial charge on any atom is 0.364 e. The first-order valence-electron chi connectivity index (χ1n) is 12.5. The van der Waals surface area contributed by atoms with Crippen molar-refractivity contribution in [3.63, 3.8) is 0 Å². The molecule has 2 fully saturated rings. The fourth-order valence-corrected chi connectivity index (χ4v) is 1.28. The second kappa shape index (κ2) is 34.3. The predicted octanol–water partition coefficient (Wildman–Crippen LogP) is -7.12. The van der Waals surface area contributed by atoms with E-state index < -0.39 is 78.4 Å². The number of isocyanates is 1. The first kappa shape index (κ1) is 62.0. The van der Waals surface area contributed by atoms with Crippen LogP contribution in [0.5, 0.6) is 0 Å². The van der Waals surface area contributed by atoms with Crippen molar-refractivity contribution in [1.29, 1.82) is 0 Å². The number of rotatable bonds is 0. The van der Waals surface area contributed by atoms with E-state index in [4.69, 9.17) is 16.3 Å². The summed E-state index contributed by atoms with van der Waals surface area (Å²) in [4.78, 5) is 142. The molecule has 2 heterocycles. The van der Waals surface area contributed by atoms with E-state index in [0.29, 0.717) is 10.0 Å². The van der Waals surface area contributed by atoms with E-state index in [-0.39, 0.29) is 12.3 Å². The molecule has 0 aromatic carbocycles. The predicted molar refractivity (Wildman–Crippen MR) is 182 cm³/mol. The average Bonchev–Trinajstić information content (AvgIpc) is 3.99. The molecule has 0 bridgehead atoms. The van der Waals surface area contributed by atoms with Crippen molar-refractivity contribution < 1.29 is 67.1 Å². The molecule has 2 aliphatic rings. The Balaban J connectivity index is -0.0000000997. The lowest BCUT2D eigenvalue weighted by atomic mass is 10.7. The number of nitrogens with zero attached hydrogens (tertiary/aromatic N) is 5. The van der Waals surface area contributed by atoms with Gasteiger partial charge >= 0.3 is 78.4 Å². The van der Waals surface area contributed by atoms with Crippen LogP contribution in [0.15, 0.2) is 4.99 Å². The van der Waals surface area contributed by atoms with E-state index >= 15 is 0 Å². The van der Waals surface area contributed by atoms with Crippen LogP contribution in [-0.2, 0) is 4.79 Å². The number of carbonyl (C=O) groups is 13. The molecule has 38 nitrogen and oxygen atoms in total. The van der Waals surface area contributed by atoms with Gasteiger partial charge in [-0.25, -0.2) is 109 Å². The summed E-state index contributed by atoms with van der Waals surface area (Å²) in [7, 11) is 5.42. The van der Waals surface area contributed by atoms with Crippen LogP contribution < -0.4 is 107 Å². The molecule has 0 aromatic rings. The summed E-state index contributed by atoms with van der Waals surface area (Å²) in [6.45, 7) is 0. The van der Waals surface area contributed by atoms with E-state index in [1.165, 1.54) is 28.2 Å². The zero-order valence-corrected chi connectivity index (χ0v) is 29.6. The number of imide groups is 4. The maximum atomic E-state index is 10.5. The van der Waals surface area contributed by atoms with E-state index in [1.807, 2.05) is 0 Å². The van der Waals surface area contributed by atoms with Crippen LogP contribution in [0.3, 0.4) is 0 Å². The van der Waals surface area contributed by atoms with Crippen molar-refractivity contribution in [1.82, 2.24) is 75.3 Å². The highest BCUT2D eigenvalue weighted by atomic mass is 16.3. The number of primary amides is 9. The van der Waals surface area contributed by atoms with Crippen molar-refractivity contribution in [3.8, 4) is 0 Å². The van der Waals surface area contributed by atoms with Crippen LogP contribution in [0, 0.1) is 0 Å². The Morgan fingerprint density at radius 1 is 0.554 bits per heavy atom. The van der Waals surface area contributed by atoms with E-state index in [0.717, 1.165) is 15.9 Å². The van der Waals surface area contributed by atoms with Gasteiger partial charge in [-0.2, -0.15) is 0 Å². The van der Waals surface area contributed by atoms with Gasteiger partial charge in [-0.1, -0.05) is 0 Å². The van der Waals surface area contributed by atoms with Crippen LogP contribution in [0.4, 0.5) is 62.3 Å². The Hall–Kier alpha value is -9.19. The van der Waals surface area contributed by atoms with Gasteiger partial charge in [-0.15, -0.1) is 15.0 Å². The molecular weight excluding hydrogens is 776 g/mol. The van der Waals surface area contributed by atoms with Crippen LogP contribution in [0.25, 0.3) is 0 Å². The van der Waals surface area contributed by atoms with Gasteiger partial charge in [0.15, 0.2) is 0 Å². The number of nitrogens with one attached hydrogen (secondary N) is 8. The molecule has 0 aromatic heterocycles. The third-order valence-corrected chi connectivity index (χ3v) is 3.63. The molecule has 0 radical (unpaired) electrons. The summed E-state index contributed by atoms with van der Waals surface area (Å²) in [6, 6.07) is -9.39. The van der Waals surface area contributed by atoms with E-state index in [1.54, 1.807) is 21.7 Å². The summed E-state index contributed by atoms with van der Waals surface area (Å²) in [5, 5.41) is 5.88. The highest BCUT2D eigenvalue weighted by Crippen LogP contribution is 1.96. The lowest BCUT2D eigenvalue weighted by Crippen LogP contribution is -2.46. The highest BCUT2D eigenvalue weighted by molar-refractivity contribution is 6.03. The molecule has 0 aliphatic carbocycles. The van der Waals surface area contributed by atoms with Crippen molar-refractivity contribution in [2.45, 2.75) is 0 Å². The quantitative estimate of drug-likeness (QED) is 0.0467. The molecule has 0 spiro atoms. The standard InChI is InChI=1S/2C4H9N3O2.2C2H6N4O2.2C2H3N3O2.C2H2N2O2.2H3N/c2*1-6-4(9)7(2)3(5)8;2*3-1(7)5-6-2(4)8;2*3-1(6)5-2(7)4-5;3-2(6)4-1-5;;/h2*1-2H3,(H2,5,8)(H,6,9);2*(H3,3,5,7)(H3,4,6,8);2*(H2,3,6)(H,4,7);(H2,3,6);2*1H3. The van der Waals surface area contributed by atoms with Gasteiger partial charge in [0.2, 0.25) is 6.08 Å². The summed E-state index contributed by atoms with van der Waals surface area (Å²) in [5.74, 6) is 0. The Morgan fingerprint density at radius 3 is 0.804 bits per heavy atom. The third kappa shape index (κ3) is 44.8. The molecule has 2 saturated heterocycles. The summed E-state index contributed by atoms with van der Waals surface area (Å²) in [6.07, 6.45) is 0.968. The van der Waals surface area contributed by atoms with Gasteiger partial charge in [0.1, 0.15) is 0 Å². The summed E-state index contributed by atoms with van der Waals surface area (Å²) in [5.41, 5.74) is 52.2. The number of carbonyl (C=O) groups excluding carboxylic acids is 14. The Labute approximate surface area is 312 Å². The number of hydrogen-bond donors (Lipinski definition) is 19. The molecule has 320 valence electrons. The monoisotopic (exact) mass is 820 g/mol. The topological polar surface area (TPSA) is 684 Å². The average molecular weight is 821 g/mol. The molecule has 0 atom stereocenters. The van der Waals surface area contributed by atoms with E-state index in [9.17, 15) is 62.3 Å². The number of hydrazine groups is 4. The molecule has 26 amide bonds. The minimum absolute atomic E-state index is 0. The van der Waals surface area contributed by atoms with Crippen molar-refractivity contribution >= 4 is 84.5 Å². The van der Waals surface area contributed by atoms with E-state index in [2.05, 4.69) is 66.6 Å². The summed E-state index contributed by atoms with van der Waals surface area (Å²) < 4.78 is 0. The van der Waals surface area contributed by atoms with Gasteiger partial charge in [0.25, 0.3) is 0 Å². The fourth-order valence-electron chi connectivity index (χ4n) is 1.28. The Kier molecular flexibility index (Phi) is 37.9. The zero-order chi connectivity index (χ0) is 43.9. The molecule has 2 aliphatic heterocycles. The molecule has 0 saturated carbocycles. The Morgan fingerprint density at radius 2 is 0.768 bits per heavy atom. The smallest absolute Gasteiger partial charge is 0.351 e. The minimum Gasteiger partial charge on any atom is -0.351 e. The van der Waals surface area contributed by atoms with Gasteiger partial charge in [0.05, 0.1) is 0 Å². The number of hydrogen-bond acceptors (Lipinski definition) is 16. The van der Waals surface area contributed by atoms with Gasteiger partial charge in [-0.3, -0.25) is 0 Å². The Bertz CT molecular complexity index is 1330. The van der Waals surface area contributed by atoms with Crippen molar-refractivity contribution in [2.75, 3.05) is 28.2 Å². The van der Waals surface area contributed by atoms with Crippen LogP contribution in [0.1, 0.15) is 0 Å². The van der Waals surface area contributed by atoms with Crippen LogP contribution in [-0.4, -0.2) is 132 Å². The second-order valence-electron chi connectivity index (χ2n) is 7.58. The minimum atomic E-state index is -1.01. The lowest BCUT2D eigenvalue weighted by Gasteiger charge is -2.09. The van der Waals surface area contributed by atoms with Crippen molar-refractivity contribution in [2.24, 2.45) is 56.6 Å². The van der Waals surface area contributed by atoms with Crippen LogP contribution >= 0.6 is 0 Å². The van der Waals surface area contributed by atoms with Gasteiger partial charge < -0.3 is 74.5 Å². The first-order valence-corrected chi connectivity index (χ1v) is 12.5. The third-order valence-electron chi connectivity index (χ3n) is 3.63. The highest BCUT2D eigenvalue weighted by Gasteiger charge is 2.34. The number of aliphatic imine (C=N–C) groups is 1. The largest absolute Gasteiger partial charge is 0.364 e. The van der Waals surface area contributed by atoms with Crippen LogP contribution in [0.2, 0.25) is 0 Å². The first-order chi connectivity index (χ1) is 24.6. The van der Waals surface area contributed by atoms with Crippen molar-refractivity contribution in [3.05, 3.63) is 0 Å². The molecule has 38 heteroatoms. The zero-order valence-electron chi connectivity index (χ0n) is 29.6.